The van der Waals surface area contributed by atoms with E-state index in [4.69, 9.17) is 0 Å². The SMILES string of the molecule is CC(CSc1ccccc1)C(=O)NCCc1nnc2n1CCC2. The number of hydrogen-bond acceptors (Lipinski definition) is 4. The van der Waals surface area contributed by atoms with Gasteiger partial charge in [0.1, 0.15) is 11.6 Å². The molecule has 1 N–H and O–H groups in total. The number of benzene rings is 1. The monoisotopic (exact) mass is 330 g/mol. The molecule has 0 fully saturated rings. The average Bonchev–Trinajstić information content (AvgIpc) is 3.18. The first kappa shape index (κ1) is 16.1. The van der Waals surface area contributed by atoms with Gasteiger partial charge in [0.15, 0.2) is 0 Å². The number of aromatic nitrogens is 3. The summed E-state index contributed by atoms with van der Waals surface area (Å²) >= 11 is 1.72. The van der Waals surface area contributed by atoms with E-state index in [2.05, 4.69) is 32.2 Å². The molecule has 1 aliphatic rings. The first-order chi connectivity index (χ1) is 11.2. The number of nitrogens with zero attached hydrogens (tertiary/aromatic N) is 3. The van der Waals surface area contributed by atoms with E-state index in [1.165, 1.54) is 4.90 Å². The Balaban J connectivity index is 1.40. The zero-order chi connectivity index (χ0) is 16.1. The highest BCUT2D eigenvalue weighted by atomic mass is 32.2. The molecule has 0 spiro atoms. The molecule has 2 aromatic rings. The van der Waals surface area contributed by atoms with Gasteiger partial charge < -0.3 is 9.88 Å². The molecule has 1 atom stereocenters. The van der Waals surface area contributed by atoms with E-state index in [-0.39, 0.29) is 11.8 Å². The first-order valence-corrected chi connectivity index (χ1v) is 9.09. The largest absolute Gasteiger partial charge is 0.355 e. The molecular weight excluding hydrogens is 308 g/mol. The Labute approximate surface area is 140 Å². The van der Waals surface area contributed by atoms with Crippen molar-refractivity contribution < 1.29 is 4.79 Å². The molecule has 0 radical (unpaired) electrons. The van der Waals surface area contributed by atoms with Crippen LogP contribution >= 0.6 is 11.8 Å². The van der Waals surface area contributed by atoms with Crippen LogP contribution in [0.3, 0.4) is 0 Å². The first-order valence-electron chi connectivity index (χ1n) is 8.10. The lowest BCUT2D eigenvalue weighted by atomic mass is 10.2. The number of nitrogens with one attached hydrogen (secondary N) is 1. The number of rotatable bonds is 7. The molecule has 1 aliphatic heterocycles. The lowest BCUT2D eigenvalue weighted by Gasteiger charge is -2.12. The van der Waals surface area contributed by atoms with Gasteiger partial charge in [0.2, 0.25) is 5.91 Å². The fourth-order valence-electron chi connectivity index (χ4n) is 2.68. The van der Waals surface area contributed by atoms with E-state index in [1.54, 1.807) is 11.8 Å². The Morgan fingerprint density at radius 2 is 2.17 bits per heavy atom. The summed E-state index contributed by atoms with van der Waals surface area (Å²) in [5.41, 5.74) is 0. The fourth-order valence-corrected chi connectivity index (χ4v) is 3.62. The van der Waals surface area contributed by atoms with Crippen LogP contribution < -0.4 is 5.32 Å². The highest BCUT2D eigenvalue weighted by Crippen LogP contribution is 2.20. The highest BCUT2D eigenvalue weighted by Gasteiger charge is 2.17. The second-order valence-electron chi connectivity index (χ2n) is 5.85. The van der Waals surface area contributed by atoms with E-state index >= 15 is 0 Å². The van der Waals surface area contributed by atoms with Crippen molar-refractivity contribution in [1.82, 2.24) is 20.1 Å². The quantitative estimate of drug-likeness (QED) is 0.792. The third-order valence-electron chi connectivity index (χ3n) is 4.02. The minimum Gasteiger partial charge on any atom is -0.355 e. The zero-order valence-corrected chi connectivity index (χ0v) is 14.2. The maximum absolute atomic E-state index is 12.2. The van der Waals surface area contributed by atoms with Crippen molar-refractivity contribution in [2.45, 2.75) is 37.6 Å². The minimum absolute atomic E-state index is 0.00989. The molecular formula is C17H22N4OS. The molecule has 1 amide bonds. The van der Waals surface area contributed by atoms with Crippen LogP contribution in [-0.2, 0) is 24.2 Å². The molecule has 23 heavy (non-hydrogen) atoms. The summed E-state index contributed by atoms with van der Waals surface area (Å²) in [6.45, 7) is 3.60. The van der Waals surface area contributed by atoms with E-state index in [9.17, 15) is 4.79 Å². The molecule has 5 nitrogen and oxygen atoms in total. The van der Waals surface area contributed by atoms with E-state index < -0.39 is 0 Å². The summed E-state index contributed by atoms with van der Waals surface area (Å²) in [5, 5.41) is 11.4. The van der Waals surface area contributed by atoms with Gasteiger partial charge in [0.25, 0.3) is 0 Å². The Morgan fingerprint density at radius 1 is 1.35 bits per heavy atom. The Hall–Kier alpha value is -1.82. The van der Waals surface area contributed by atoms with Gasteiger partial charge in [-0.3, -0.25) is 4.79 Å². The van der Waals surface area contributed by atoms with Gasteiger partial charge >= 0.3 is 0 Å². The summed E-state index contributed by atoms with van der Waals surface area (Å²) in [6.07, 6.45) is 2.92. The van der Waals surface area contributed by atoms with Crippen molar-refractivity contribution >= 4 is 17.7 Å². The summed E-state index contributed by atoms with van der Waals surface area (Å²) in [4.78, 5) is 13.4. The number of carbonyl (C=O) groups is 1. The number of hydrogen-bond donors (Lipinski definition) is 1. The molecule has 0 saturated heterocycles. The summed E-state index contributed by atoms with van der Waals surface area (Å²) in [7, 11) is 0. The van der Waals surface area contributed by atoms with Crippen molar-refractivity contribution in [3.05, 3.63) is 42.0 Å². The smallest absolute Gasteiger partial charge is 0.223 e. The van der Waals surface area contributed by atoms with E-state index in [0.717, 1.165) is 43.2 Å². The number of carbonyl (C=O) groups excluding carboxylic acids is 1. The summed E-state index contributed by atoms with van der Waals surface area (Å²) in [5.74, 6) is 2.96. The molecule has 1 unspecified atom stereocenters. The fraction of sp³-hybridized carbons (Fsp3) is 0.471. The van der Waals surface area contributed by atoms with Gasteiger partial charge in [-0.15, -0.1) is 22.0 Å². The number of fused-ring (bicyclic) bond motifs is 1. The Bertz CT molecular complexity index is 656. The van der Waals surface area contributed by atoms with Crippen molar-refractivity contribution in [1.29, 1.82) is 0 Å². The van der Waals surface area contributed by atoms with Crippen LogP contribution in [0.5, 0.6) is 0 Å². The number of aryl methyl sites for hydroxylation is 1. The lowest BCUT2D eigenvalue weighted by Crippen LogP contribution is -2.32. The average molecular weight is 330 g/mol. The molecule has 0 aliphatic carbocycles. The van der Waals surface area contributed by atoms with E-state index in [0.29, 0.717) is 6.54 Å². The van der Waals surface area contributed by atoms with Gasteiger partial charge in [0.05, 0.1) is 0 Å². The summed E-state index contributed by atoms with van der Waals surface area (Å²) < 4.78 is 2.18. The minimum atomic E-state index is -0.00989. The lowest BCUT2D eigenvalue weighted by molar-refractivity contribution is -0.123. The molecule has 0 saturated carbocycles. The summed E-state index contributed by atoms with van der Waals surface area (Å²) in [6, 6.07) is 10.2. The third kappa shape index (κ3) is 4.13. The van der Waals surface area contributed by atoms with Crippen molar-refractivity contribution in [3.8, 4) is 0 Å². The Kier molecular flexibility index (Phi) is 5.33. The standard InChI is InChI=1S/C17H22N4OS/c1-13(12-23-14-6-3-2-4-7-14)17(22)18-10-9-16-20-19-15-8-5-11-21(15)16/h2-4,6-7,13H,5,8-12H2,1H3,(H,18,22). The van der Waals surface area contributed by atoms with Crippen LogP contribution in [0.4, 0.5) is 0 Å². The molecule has 122 valence electrons. The third-order valence-corrected chi connectivity index (χ3v) is 5.30. The van der Waals surface area contributed by atoms with Crippen LogP contribution in [0.2, 0.25) is 0 Å². The van der Waals surface area contributed by atoms with Crippen LogP contribution in [0.1, 0.15) is 25.0 Å². The predicted molar refractivity (Wildman–Crippen MR) is 91.4 cm³/mol. The maximum Gasteiger partial charge on any atom is 0.223 e. The van der Waals surface area contributed by atoms with Crippen molar-refractivity contribution in [2.24, 2.45) is 5.92 Å². The van der Waals surface area contributed by atoms with Crippen molar-refractivity contribution in [2.75, 3.05) is 12.3 Å². The predicted octanol–water partition coefficient (Wildman–Crippen LogP) is 2.31. The normalized spacial score (nSPS) is 14.5. The van der Waals surface area contributed by atoms with Crippen LogP contribution in [0, 0.1) is 5.92 Å². The van der Waals surface area contributed by atoms with Crippen molar-refractivity contribution in [3.63, 3.8) is 0 Å². The zero-order valence-electron chi connectivity index (χ0n) is 13.4. The van der Waals surface area contributed by atoms with Gasteiger partial charge in [0, 0.05) is 42.5 Å². The second-order valence-corrected chi connectivity index (χ2v) is 6.95. The topological polar surface area (TPSA) is 59.8 Å². The van der Waals surface area contributed by atoms with Crippen LogP contribution in [0.25, 0.3) is 0 Å². The number of amides is 1. The molecule has 1 aromatic carbocycles. The molecule has 1 aromatic heterocycles. The van der Waals surface area contributed by atoms with E-state index in [1.807, 2.05) is 25.1 Å². The van der Waals surface area contributed by atoms with Crippen LogP contribution in [-0.4, -0.2) is 33.0 Å². The maximum atomic E-state index is 12.2. The van der Waals surface area contributed by atoms with Gasteiger partial charge in [-0.25, -0.2) is 0 Å². The second kappa shape index (κ2) is 7.64. The highest BCUT2D eigenvalue weighted by molar-refractivity contribution is 7.99. The molecule has 2 heterocycles. The molecule has 0 bridgehead atoms. The van der Waals surface area contributed by atoms with Gasteiger partial charge in [-0.05, 0) is 18.6 Å². The number of thioether (sulfide) groups is 1. The Morgan fingerprint density at radius 3 is 3.00 bits per heavy atom. The van der Waals surface area contributed by atoms with Crippen LogP contribution in [0.15, 0.2) is 35.2 Å². The van der Waals surface area contributed by atoms with Gasteiger partial charge in [-0.2, -0.15) is 0 Å². The van der Waals surface area contributed by atoms with Gasteiger partial charge in [-0.1, -0.05) is 25.1 Å². The molecule has 6 heteroatoms. The molecule has 3 rings (SSSR count).